The van der Waals surface area contributed by atoms with Crippen molar-refractivity contribution in [3.8, 4) is 0 Å². The average Bonchev–Trinajstić information content (AvgIpc) is 1.24. The second-order valence-electron chi connectivity index (χ2n) is 16.5. The maximum Gasteiger partial charge on any atom is 0.475 e. The van der Waals surface area contributed by atoms with Crippen molar-refractivity contribution in [1.82, 2.24) is 0 Å². The van der Waals surface area contributed by atoms with Gasteiger partial charge >= 0.3 is 92.8 Å². The minimum Gasteiger partial charge on any atom is -0.460 e. The van der Waals surface area contributed by atoms with Crippen LogP contribution in [0.1, 0.15) is 41.5 Å². The Labute approximate surface area is 541 Å². The van der Waals surface area contributed by atoms with Gasteiger partial charge < -0.3 is 72.0 Å². The lowest BCUT2D eigenvalue weighted by Crippen LogP contribution is -2.15. The molecule has 43 heteroatoms. The number of carbonyl (C=O) groups is 9. The SMILES string of the molecule is C=C(C)C(=O)OCCOP(=O)(O)O.C=C(C)C(=O)OCCOP(=O)(O)OCCOC(=O)C(=C)C.C=C(C)C(=O)OCCOP(=O)(OCCOC(=O)C(=C)C)OCCOC(=O)C(=C)C.C=CC(=O)OCCOP(=O)(O)O.C=CC(=O)OCCOP(=O)(O)OCCOC(=O)C=C. The van der Waals surface area contributed by atoms with E-state index in [2.05, 4.69) is 115 Å². The van der Waals surface area contributed by atoms with Gasteiger partial charge in [-0.3, -0.25) is 40.7 Å². The van der Waals surface area contributed by atoms with E-state index in [1.54, 1.807) is 0 Å². The maximum absolute atomic E-state index is 12.6. The lowest BCUT2D eigenvalue weighted by atomic mass is 10.4. The zero-order valence-corrected chi connectivity index (χ0v) is 56.8. The highest BCUT2D eigenvalue weighted by molar-refractivity contribution is 7.48. The van der Waals surface area contributed by atoms with Crippen LogP contribution in [0.3, 0.4) is 0 Å². The number of phosphoric ester groups is 5. The molecule has 538 valence electrons. The quantitative estimate of drug-likeness (QED) is 0.0161. The molecule has 0 radical (unpaired) electrons. The fraction of sp³-hybridized carbons (Fsp3) is 0.471. The van der Waals surface area contributed by atoms with Crippen molar-refractivity contribution in [2.45, 2.75) is 41.5 Å². The molecule has 0 heterocycles. The Balaban J connectivity index is -0.000000364. The second-order valence-corrected chi connectivity index (χ2v) is 23.5. The third-order valence-corrected chi connectivity index (χ3v) is 12.3. The van der Waals surface area contributed by atoms with Crippen LogP contribution in [0.2, 0.25) is 0 Å². The first-order valence-electron chi connectivity index (χ1n) is 25.8. The topological polar surface area (TPSA) is 527 Å². The van der Waals surface area contributed by atoms with E-state index in [1.807, 2.05) is 0 Å². The predicted molar refractivity (Wildman–Crippen MR) is 323 cm³/mol. The third kappa shape index (κ3) is 66.9. The molecule has 0 fully saturated rings. The molecule has 0 spiro atoms. The van der Waals surface area contributed by atoms with Crippen molar-refractivity contribution < 1.29 is 179 Å². The fourth-order valence-corrected chi connectivity index (χ4v) is 6.82. The molecule has 6 N–H and O–H groups in total. The molecule has 0 saturated carbocycles. The first-order valence-corrected chi connectivity index (χ1v) is 33.4. The van der Waals surface area contributed by atoms with Crippen LogP contribution in [-0.4, -0.2) is 202 Å². The number of rotatable bonds is 45. The Hall–Kier alpha value is -6.56. The first-order chi connectivity index (χ1) is 43.3. The fourth-order valence-electron chi connectivity index (χ4n) is 3.71. The standard InChI is InChI=1S/C18H27O10P.C12H19O8P.C10H15O8P.C6H11O6P.C5H9O6P/c1-13(2)16(19)23-7-10-26-29(22,27-11-8-24-17(20)14(3)4)28-12-9-25-18(21)15(5)6;1-9(2)11(13)17-5-7-19-21(15,16)20-8-6-18-12(14)10(3)4;1-3-9(11)15-5-7-17-19(13,14)18-8-6-16-10(12)4-2;1-5(2)6(7)11-3-4-12-13(8,9)10;1-2-5(6)10-3-4-11-12(7,8)9/h1,3,5,7-12H2,2,4,6H3;1,3,5-8H2,2,4H3,(H,15,16);3-4H,1-2,5-8H2,(H,13,14);1,3-4H2,2H3,(H2,8,9,10);2H,1,3-4H2,(H2,7,8,9). The Morgan fingerprint density at radius 1 is 0.266 bits per heavy atom. The lowest BCUT2D eigenvalue weighted by molar-refractivity contribution is -0.141. The van der Waals surface area contributed by atoms with Crippen LogP contribution < -0.4 is 0 Å². The van der Waals surface area contributed by atoms with Crippen LogP contribution in [0.25, 0.3) is 0 Å². The minimum atomic E-state index is -4.46. The van der Waals surface area contributed by atoms with Gasteiger partial charge in [0.1, 0.15) is 59.5 Å². The van der Waals surface area contributed by atoms with Crippen LogP contribution >= 0.6 is 39.1 Å². The smallest absolute Gasteiger partial charge is 0.460 e. The predicted octanol–water partition coefficient (Wildman–Crippen LogP) is 4.48. The molecule has 0 aliphatic rings. The third-order valence-electron chi connectivity index (χ3n) is 7.76. The van der Waals surface area contributed by atoms with E-state index >= 15 is 0 Å². The van der Waals surface area contributed by atoms with Crippen LogP contribution in [-0.2, 0) is 149 Å². The Kier molecular flexibility index (Phi) is 55.9. The van der Waals surface area contributed by atoms with Crippen LogP contribution in [0.5, 0.6) is 0 Å². The van der Waals surface area contributed by atoms with Gasteiger partial charge in [-0.1, -0.05) is 59.2 Å². The highest BCUT2D eigenvalue weighted by Gasteiger charge is 2.28. The summed E-state index contributed by atoms with van der Waals surface area (Å²) in [5.74, 6) is -5.78. The molecule has 0 amide bonds. The summed E-state index contributed by atoms with van der Waals surface area (Å²) in [6.07, 6.45) is 2.84. The van der Waals surface area contributed by atoms with E-state index in [4.69, 9.17) is 52.2 Å². The molecule has 0 bridgehead atoms. The Bertz CT molecular complexity index is 2630. The van der Waals surface area contributed by atoms with Crippen molar-refractivity contribution in [3.63, 3.8) is 0 Å². The van der Waals surface area contributed by atoms with Gasteiger partial charge in [0.25, 0.3) is 0 Å². The van der Waals surface area contributed by atoms with Gasteiger partial charge in [-0.05, 0) is 41.5 Å². The van der Waals surface area contributed by atoms with Crippen molar-refractivity contribution >= 4 is 92.8 Å². The molecule has 0 aromatic rings. The molecule has 0 rings (SSSR count). The molecular formula is C51H81O38P5. The first kappa shape index (κ1) is 96.1. The lowest BCUT2D eigenvalue weighted by Gasteiger charge is -2.18. The van der Waals surface area contributed by atoms with Crippen LogP contribution in [0.4, 0.5) is 0 Å². The summed E-state index contributed by atoms with van der Waals surface area (Å²) in [5.41, 5.74) is 1.21. The zero-order valence-electron chi connectivity index (χ0n) is 52.3. The number of ether oxygens (including phenoxy) is 9. The van der Waals surface area contributed by atoms with Gasteiger partial charge in [0.05, 0.1) is 59.5 Å². The molecule has 0 atom stereocenters. The summed E-state index contributed by atoms with van der Waals surface area (Å²) in [7, 11) is -21.6. The van der Waals surface area contributed by atoms with E-state index < -0.39 is 92.8 Å². The molecule has 94 heavy (non-hydrogen) atoms. The zero-order chi connectivity index (χ0) is 73.7. The van der Waals surface area contributed by atoms with Crippen LogP contribution in [0, 0.1) is 0 Å². The summed E-state index contributed by atoms with van der Waals surface area (Å²) >= 11 is 0. The molecule has 0 aromatic heterocycles. The number of hydrogen-bond acceptors (Lipinski definition) is 32. The van der Waals surface area contributed by atoms with Crippen molar-refractivity contribution in [3.05, 3.63) is 111 Å². The second kappa shape index (κ2) is 54.7. The molecule has 0 aromatic carbocycles. The molecule has 38 nitrogen and oxygen atoms in total. The summed E-state index contributed by atoms with van der Waals surface area (Å²) in [6.45, 7) is 33.7. The van der Waals surface area contributed by atoms with Gasteiger partial charge in [0.2, 0.25) is 0 Å². The van der Waals surface area contributed by atoms with Gasteiger partial charge in [-0.15, -0.1) is 0 Å². The normalized spacial score (nSPS) is 10.8. The highest BCUT2D eigenvalue weighted by atomic mass is 31.2. The van der Waals surface area contributed by atoms with E-state index in [1.165, 1.54) is 41.5 Å². The maximum atomic E-state index is 12.6. The Morgan fingerprint density at radius 2 is 0.415 bits per heavy atom. The van der Waals surface area contributed by atoms with Crippen molar-refractivity contribution in [1.29, 1.82) is 0 Å². The number of esters is 9. The summed E-state index contributed by atoms with van der Waals surface area (Å²) in [6, 6.07) is 0. The molecular weight excluding hydrogens is 1380 g/mol. The molecule has 0 saturated heterocycles. The van der Waals surface area contributed by atoms with E-state index in [9.17, 15) is 70.9 Å². The van der Waals surface area contributed by atoms with E-state index in [0.717, 1.165) is 18.2 Å². The number of hydrogen-bond donors (Lipinski definition) is 6. The van der Waals surface area contributed by atoms with E-state index in [0.29, 0.717) is 0 Å². The summed E-state index contributed by atoms with van der Waals surface area (Å²) < 4.78 is 138. The Morgan fingerprint density at radius 3 is 0.564 bits per heavy atom. The van der Waals surface area contributed by atoms with E-state index in [-0.39, 0.29) is 152 Å². The number of phosphoric acid groups is 5. The van der Waals surface area contributed by atoms with Crippen LogP contribution in [0.15, 0.2) is 111 Å². The highest BCUT2D eigenvalue weighted by Crippen LogP contribution is 2.49. The monoisotopic (exact) mass is 1460 g/mol. The molecule has 0 aliphatic carbocycles. The van der Waals surface area contributed by atoms with Gasteiger partial charge in [0, 0.05) is 51.7 Å². The average molecular weight is 1460 g/mol. The minimum absolute atomic E-state index is 0.194. The van der Waals surface area contributed by atoms with Crippen molar-refractivity contribution in [2.24, 2.45) is 0 Å². The largest absolute Gasteiger partial charge is 0.475 e. The number of carbonyl (C=O) groups excluding carboxylic acids is 9. The summed E-state index contributed by atoms with van der Waals surface area (Å²) in [4.78, 5) is 149. The van der Waals surface area contributed by atoms with Gasteiger partial charge in [0.15, 0.2) is 0 Å². The van der Waals surface area contributed by atoms with Gasteiger partial charge in [-0.2, -0.15) is 0 Å². The van der Waals surface area contributed by atoms with Gasteiger partial charge in [-0.25, -0.2) is 66.0 Å². The summed E-state index contributed by atoms with van der Waals surface area (Å²) in [5, 5.41) is 0. The molecule has 0 aliphatic heterocycles. The molecule has 0 unspecified atom stereocenters. The van der Waals surface area contributed by atoms with Crippen molar-refractivity contribution in [2.75, 3.05) is 119 Å².